The summed E-state index contributed by atoms with van der Waals surface area (Å²) in [7, 11) is -1.95. The van der Waals surface area contributed by atoms with Crippen LogP contribution in [-0.4, -0.2) is 37.3 Å². The zero-order valence-electron chi connectivity index (χ0n) is 13.1. The van der Waals surface area contributed by atoms with Crippen molar-refractivity contribution in [3.63, 3.8) is 0 Å². The maximum atomic E-state index is 12.8. The molecule has 0 aliphatic heterocycles. The Morgan fingerprint density at radius 3 is 2.50 bits per heavy atom. The molecule has 1 aromatic heterocycles. The van der Waals surface area contributed by atoms with Crippen LogP contribution in [0.5, 0.6) is 0 Å². The summed E-state index contributed by atoms with van der Waals surface area (Å²) in [4.78, 5) is 4.17. The monoisotopic (exact) mass is 299 g/mol. The molecule has 0 aliphatic rings. The average Bonchev–Trinajstić information content (AvgIpc) is 2.36. The smallest absolute Gasteiger partial charge is 0.246 e. The van der Waals surface area contributed by atoms with Crippen molar-refractivity contribution in [1.82, 2.24) is 9.29 Å². The summed E-state index contributed by atoms with van der Waals surface area (Å²) in [6, 6.07) is 1.56. The molecule has 114 valence electrons. The molecule has 0 bridgehead atoms. The number of nitrogens with zero attached hydrogens (tertiary/aromatic N) is 2. The molecule has 0 spiro atoms. The van der Waals surface area contributed by atoms with Crippen molar-refractivity contribution < 1.29 is 8.42 Å². The predicted molar refractivity (Wildman–Crippen MR) is 82.3 cm³/mol. The van der Waals surface area contributed by atoms with Crippen LogP contribution in [-0.2, 0) is 10.0 Å². The fourth-order valence-electron chi connectivity index (χ4n) is 1.83. The molecule has 1 heterocycles. The molecule has 0 radical (unpaired) electrons. The van der Waals surface area contributed by atoms with Gasteiger partial charge in [0.1, 0.15) is 4.90 Å². The lowest BCUT2D eigenvalue weighted by molar-refractivity contribution is 0.216. The van der Waals surface area contributed by atoms with Crippen LogP contribution >= 0.6 is 0 Å². The van der Waals surface area contributed by atoms with Crippen molar-refractivity contribution in [3.05, 3.63) is 18.5 Å². The third-order valence-corrected chi connectivity index (χ3v) is 5.56. The van der Waals surface area contributed by atoms with Crippen molar-refractivity contribution in [2.45, 2.75) is 45.6 Å². The maximum Gasteiger partial charge on any atom is 0.246 e. The Morgan fingerprint density at radius 2 is 2.00 bits per heavy atom. The number of hydrogen-bond donors (Lipinski definition) is 1. The summed E-state index contributed by atoms with van der Waals surface area (Å²) in [6.45, 7) is 10.6. The number of pyridine rings is 1. The summed E-state index contributed by atoms with van der Waals surface area (Å²) in [5, 5.41) is 3.07. The number of nitrogens with one attached hydrogen (secondary N) is 1. The normalized spacial score (nSPS) is 14.3. The second-order valence-electron chi connectivity index (χ2n) is 5.97. The minimum absolute atomic E-state index is 0.123. The number of sulfonamides is 1. The summed E-state index contributed by atoms with van der Waals surface area (Å²) in [5.41, 5.74) is 0.456. The van der Waals surface area contributed by atoms with Crippen molar-refractivity contribution in [2.75, 3.05) is 18.9 Å². The lowest BCUT2D eigenvalue weighted by Gasteiger charge is -2.34. The summed E-state index contributed by atoms with van der Waals surface area (Å²) >= 11 is 0. The highest BCUT2D eigenvalue weighted by Crippen LogP contribution is 2.29. The molecule has 0 aliphatic carbocycles. The van der Waals surface area contributed by atoms with Gasteiger partial charge in [-0.1, -0.05) is 20.8 Å². The lowest BCUT2D eigenvalue weighted by atomic mass is 9.88. The largest absolute Gasteiger partial charge is 0.384 e. The Kier molecular flexibility index (Phi) is 5.15. The third-order valence-electron chi connectivity index (χ3n) is 3.61. The van der Waals surface area contributed by atoms with Crippen LogP contribution in [0.15, 0.2) is 23.4 Å². The van der Waals surface area contributed by atoms with Crippen molar-refractivity contribution in [1.29, 1.82) is 0 Å². The molecule has 0 fully saturated rings. The summed E-state index contributed by atoms with van der Waals surface area (Å²) < 4.78 is 26.9. The Morgan fingerprint density at radius 1 is 1.40 bits per heavy atom. The number of rotatable bonds is 5. The van der Waals surface area contributed by atoms with Gasteiger partial charge in [-0.15, -0.1) is 0 Å². The van der Waals surface area contributed by atoms with E-state index in [1.54, 1.807) is 19.3 Å². The molecular formula is C14H25N3O2S. The first-order valence-corrected chi connectivity index (χ1v) is 8.22. The van der Waals surface area contributed by atoms with Gasteiger partial charge in [-0.25, -0.2) is 8.42 Å². The minimum Gasteiger partial charge on any atom is -0.384 e. The van der Waals surface area contributed by atoms with Gasteiger partial charge in [0.25, 0.3) is 0 Å². The zero-order chi connectivity index (χ0) is 15.6. The molecular weight excluding hydrogens is 274 g/mol. The van der Waals surface area contributed by atoms with Crippen molar-refractivity contribution in [2.24, 2.45) is 5.41 Å². The molecule has 0 saturated heterocycles. The third kappa shape index (κ3) is 3.49. The van der Waals surface area contributed by atoms with Crippen LogP contribution in [0.25, 0.3) is 0 Å². The first-order chi connectivity index (χ1) is 9.12. The molecule has 1 N–H and O–H groups in total. The molecule has 1 rings (SSSR count). The highest BCUT2D eigenvalue weighted by Gasteiger charge is 2.33. The van der Waals surface area contributed by atoms with E-state index in [1.807, 2.05) is 34.6 Å². The molecule has 0 amide bonds. The van der Waals surface area contributed by atoms with Gasteiger partial charge in [0, 0.05) is 32.0 Å². The topological polar surface area (TPSA) is 62.3 Å². The van der Waals surface area contributed by atoms with Gasteiger partial charge < -0.3 is 5.32 Å². The van der Waals surface area contributed by atoms with Crippen LogP contribution < -0.4 is 5.32 Å². The molecule has 1 atom stereocenters. The van der Waals surface area contributed by atoms with E-state index in [-0.39, 0.29) is 16.4 Å². The molecule has 0 aromatic carbocycles. The van der Waals surface area contributed by atoms with Gasteiger partial charge in [0.2, 0.25) is 10.0 Å². The predicted octanol–water partition coefficient (Wildman–Crippen LogP) is 2.57. The SMILES string of the molecule is CCNc1ccncc1S(=O)(=O)N(C)C(C)C(C)(C)C. The van der Waals surface area contributed by atoms with Crippen LogP contribution in [0.1, 0.15) is 34.6 Å². The fraction of sp³-hybridized carbons (Fsp3) is 0.643. The Hall–Kier alpha value is -1.14. The van der Waals surface area contributed by atoms with Gasteiger partial charge in [0.15, 0.2) is 0 Å². The second kappa shape index (κ2) is 6.10. The van der Waals surface area contributed by atoms with E-state index in [4.69, 9.17) is 0 Å². The van der Waals surface area contributed by atoms with E-state index in [1.165, 1.54) is 10.5 Å². The van der Waals surface area contributed by atoms with E-state index < -0.39 is 10.0 Å². The molecule has 1 unspecified atom stereocenters. The van der Waals surface area contributed by atoms with E-state index in [9.17, 15) is 8.42 Å². The van der Waals surface area contributed by atoms with Gasteiger partial charge in [0.05, 0.1) is 5.69 Å². The van der Waals surface area contributed by atoms with Crippen molar-refractivity contribution >= 4 is 15.7 Å². The van der Waals surface area contributed by atoms with E-state index in [0.717, 1.165) is 0 Å². The molecule has 1 aromatic rings. The Balaban J connectivity index is 3.24. The van der Waals surface area contributed by atoms with Crippen LogP contribution in [0.3, 0.4) is 0 Å². The Labute approximate surface area is 122 Å². The van der Waals surface area contributed by atoms with Crippen LogP contribution in [0, 0.1) is 5.41 Å². The van der Waals surface area contributed by atoms with Gasteiger partial charge in [-0.2, -0.15) is 4.31 Å². The molecule has 6 heteroatoms. The fourth-order valence-corrected chi connectivity index (χ4v) is 3.49. The van der Waals surface area contributed by atoms with Gasteiger partial charge in [-0.3, -0.25) is 4.98 Å². The van der Waals surface area contributed by atoms with E-state index in [2.05, 4.69) is 10.3 Å². The minimum atomic E-state index is -3.57. The Bertz CT molecular complexity index is 550. The second-order valence-corrected chi connectivity index (χ2v) is 7.93. The number of aromatic nitrogens is 1. The molecule has 5 nitrogen and oxygen atoms in total. The maximum absolute atomic E-state index is 12.8. The standard InChI is InChI=1S/C14H25N3O2S/c1-7-16-12-8-9-15-10-13(12)20(18,19)17(6)11(2)14(3,4)5/h8-11H,7H2,1-6H3,(H,15,16). The van der Waals surface area contributed by atoms with Gasteiger partial charge in [-0.05, 0) is 25.3 Å². The van der Waals surface area contributed by atoms with Gasteiger partial charge >= 0.3 is 0 Å². The van der Waals surface area contributed by atoms with Crippen molar-refractivity contribution in [3.8, 4) is 0 Å². The zero-order valence-corrected chi connectivity index (χ0v) is 14.0. The molecule has 0 saturated carbocycles. The first-order valence-electron chi connectivity index (χ1n) is 6.78. The lowest BCUT2D eigenvalue weighted by Crippen LogP contribution is -2.43. The highest BCUT2D eigenvalue weighted by atomic mass is 32.2. The number of anilines is 1. The van der Waals surface area contributed by atoms with E-state index >= 15 is 0 Å². The van der Waals surface area contributed by atoms with E-state index in [0.29, 0.717) is 12.2 Å². The van der Waals surface area contributed by atoms with Crippen LogP contribution in [0.4, 0.5) is 5.69 Å². The summed E-state index contributed by atoms with van der Waals surface area (Å²) in [5.74, 6) is 0. The van der Waals surface area contributed by atoms with Crippen LogP contribution in [0.2, 0.25) is 0 Å². The first kappa shape index (κ1) is 16.9. The number of hydrogen-bond acceptors (Lipinski definition) is 4. The summed E-state index contributed by atoms with van der Waals surface area (Å²) in [6.07, 6.45) is 2.99. The average molecular weight is 299 g/mol. The highest BCUT2D eigenvalue weighted by molar-refractivity contribution is 7.89. The molecule has 20 heavy (non-hydrogen) atoms. The quantitative estimate of drug-likeness (QED) is 0.907.